The van der Waals surface area contributed by atoms with Crippen LogP contribution in [0.25, 0.3) is 10.9 Å². The summed E-state index contributed by atoms with van der Waals surface area (Å²) in [5.41, 5.74) is 7.33. The molecule has 120 valence electrons. The van der Waals surface area contributed by atoms with Gasteiger partial charge in [0, 0.05) is 11.8 Å². The van der Waals surface area contributed by atoms with Gasteiger partial charge in [0.05, 0.1) is 5.52 Å². The molecular formula is C19H17N3O2. The number of carbonyl (C=O) groups is 2. The number of nitrogens with zero attached hydrogens (tertiary/aromatic N) is 1. The molecule has 2 aromatic carbocycles. The van der Waals surface area contributed by atoms with Crippen molar-refractivity contribution in [2.24, 2.45) is 5.73 Å². The van der Waals surface area contributed by atoms with Crippen LogP contribution < -0.4 is 11.1 Å². The summed E-state index contributed by atoms with van der Waals surface area (Å²) in [6.07, 6.45) is 0.343. The predicted octanol–water partition coefficient (Wildman–Crippen LogP) is 2.06. The average Bonchev–Trinajstić information content (AvgIpc) is 2.61. The van der Waals surface area contributed by atoms with E-state index in [-0.39, 0.29) is 5.69 Å². The van der Waals surface area contributed by atoms with Crippen LogP contribution in [0.15, 0.2) is 66.7 Å². The minimum absolute atomic E-state index is 0.257. The second-order valence-electron chi connectivity index (χ2n) is 5.51. The third-order valence-corrected chi connectivity index (χ3v) is 3.76. The number of aromatic nitrogens is 1. The highest BCUT2D eigenvalue weighted by Crippen LogP contribution is 2.12. The molecule has 0 radical (unpaired) electrons. The van der Waals surface area contributed by atoms with E-state index in [4.69, 9.17) is 5.73 Å². The van der Waals surface area contributed by atoms with Crippen molar-refractivity contribution in [2.75, 3.05) is 0 Å². The Hall–Kier alpha value is -3.21. The number of para-hydroxylation sites is 1. The highest BCUT2D eigenvalue weighted by Gasteiger charge is 2.20. The van der Waals surface area contributed by atoms with E-state index in [1.54, 1.807) is 6.07 Å². The average molecular weight is 319 g/mol. The Morgan fingerprint density at radius 1 is 0.958 bits per heavy atom. The van der Waals surface area contributed by atoms with Gasteiger partial charge < -0.3 is 11.1 Å². The lowest BCUT2D eigenvalue weighted by atomic mass is 10.1. The first kappa shape index (κ1) is 15.7. The second kappa shape index (κ2) is 6.91. The molecule has 24 heavy (non-hydrogen) atoms. The van der Waals surface area contributed by atoms with E-state index in [1.165, 1.54) is 0 Å². The van der Waals surface area contributed by atoms with Gasteiger partial charge in [-0.1, -0.05) is 54.6 Å². The number of benzene rings is 2. The summed E-state index contributed by atoms with van der Waals surface area (Å²) in [7, 11) is 0. The summed E-state index contributed by atoms with van der Waals surface area (Å²) in [6, 6.07) is 19.6. The molecule has 0 unspecified atom stereocenters. The Morgan fingerprint density at radius 2 is 1.67 bits per heavy atom. The standard InChI is InChI=1S/C19H17N3O2/c20-18(23)17(12-13-6-2-1-3-7-13)22-19(24)16-11-10-14-8-4-5-9-15(14)21-16/h1-11,17H,12H2,(H2,20,23)(H,22,24)/t17-/m0/s1. The first-order valence-electron chi connectivity index (χ1n) is 7.63. The van der Waals surface area contributed by atoms with Crippen LogP contribution in [0.5, 0.6) is 0 Å². The first-order chi connectivity index (χ1) is 11.6. The fourth-order valence-corrected chi connectivity index (χ4v) is 2.50. The number of pyridine rings is 1. The summed E-state index contributed by atoms with van der Waals surface area (Å²) in [4.78, 5) is 28.4. The number of hydrogen-bond acceptors (Lipinski definition) is 3. The molecule has 0 spiro atoms. The normalized spacial score (nSPS) is 11.8. The van der Waals surface area contributed by atoms with Gasteiger partial charge in [-0.05, 0) is 17.7 Å². The van der Waals surface area contributed by atoms with E-state index < -0.39 is 17.9 Å². The number of amides is 2. The molecule has 1 aromatic heterocycles. The van der Waals surface area contributed by atoms with Crippen molar-refractivity contribution in [2.45, 2.75) is 12.5 Å². The molecule has 0 fully saturated rings. The van der Waals surface area contributed by atoms with Gasteiger partial charge in [0.2, 0.25) is 5.91 Å². The number of primary amides is 1. The van der Waals surface area contributed by atoms with Crippen LogP contribution in [-0.2, 0) is 11.2 Å². The van der Waals surface area contributed by atoms with Gasteiger partial charge >= 0.3 is 0 Å². The zero-order chi connectivity index (χ0) is 16.9. The molecule has 0 saturated heterocycles. The number of rotatable bonds is 5. The van der Waals surface area contributed by atoms with Gasteiger partial charge in [-0.3, -0.25) is 9.59 Å². The van der Waals surface area contributed by atoms with E-state index in [1.807, 2.05) is 60.7 Å². The van der Waals surface area contributed by atoms with Crippen molar-refractivity contribution in [3.8, 4) is 0 Å². The van der Waals surface area contributed by atoms with Crippen molar-refractivity contribution < 1.29 is 9.59 Å². The van der Waals surface area contributed by atoms with Gasteiger partial charge in [0.15, 0.2) is 0 Å². The SMILES string of the molecule is NC(=O)[C@H](Cc1ccccc1)NC(=O)c1ccc2ccccc2n1. The number of nitrogens with two attached hydrogens (primary N) is 1. The summed E-state index contributed by atoms with van der Waals surface area (Å²) >= 11 is 0. The molecule has 0 aliphatic carbocycles. The Morgan fingerprint density at radius 3 is 2.42 bits per heavy atom. The van der Waals surface area contributed by atoms with Crippen molar-refractivity contribution in [3.63, 3.8) is 0 Å². The minimum Gasteiger partial charge on any atom is -0.368 e. The zero-order valence-corrected chi connectivity index (χ0v) is 13.0. The molecule has 3 aromatic rings. The van der Waals surface area contributed by atoms with Crippen LogP contribution >= 0.6 is 0 Å². The Labute approximate surface area is 139 Å². The van der Waals surface area contributed by atoms with E-state index in [9.17, 15) is 9.59 Å². The maximum absolute atomic E-state index is 12.4. The smallest absolute Gasteiger partial charge is 0.270 e. The lowest BCUT2D eigenvalue weighted by Crippen LogP contribution is -2.46. The number of carbonyl (C=O) groups excluding carboxylic acids is 2. The summed E-state index contributed by atoms with van der Waals surface area (Å²) in [5, 5.41) is 3.62. The highest BCUT2D eigenvalue weighted by atomic mass is 16.2. The molecule has 2 amide bonds. The van der Waals surface area contributed by atoms with E-state index >= 15 is 0 Å². The van der Waals surface area contributed by atoms with E-state index in [0.29, 0.717) is 6.42 Å². The summed E-state index contributed by atoms with van der Waals surface area (Å²) in [5.74, 6) is -0.992. The van der Waals surface area contributed by atoms with Gasteiger partial charge in [-0.2, -0.15) is 0 Å². The molecule has 5 nitrogen and oxygen atoms in total. The van der Waals surface area contributed by atoms with Crippen molar-refractivity contribution in [1.29, 1.82) is 0 Å². The lowest BCUT2D eigenvalue weighted by Gasteiger charge is -2.15. The molecule has 0 aliphatic heterocycles. The maximum Gasteiger partial charge on any atom is 0.270 e. The maximum atomic E-state index is 12.4. The van der Waals surface area contributed by atoms with Crippen LogP contribution in [-0.4, -0.2) is 22.8 Å². The van der Waals surface area contributed by atoms with Gasteiger partial charge in [0.1, 0.15) is 11.7 Å². The van der Waals surface area contributed by atoms with Crippen molar-refractivity contribution in [3.05, 3.63) is 78.0 Å². The zero-order valence-electron chi connectivity index (χ0n) is 13.0. The Bertz CT molecular complexity index is 878. The van der Waals surface area contributed by atoms with Gasteiger partial charge in [0.25, 0.3) is 5.91 Å². The third kappa shape index (κ3) is 3.57. The van der Waals surface area contributed by atoms with Crippen LogP contribution in [0.3, 0.4) is 0 Å². The van der Waals surface area contributed by atoms with Crippen molar-refractivity contribution in [1.82, 2.24) is 10.3 Å². The van der Waals surface area contributed by atoms with Crippen LogP contribution in [0.2, 0.25) is 0 Å². The lowest BCUT2D eigenvalue weighted by molar-refractivity contribution is -0.119. The van der Waals surface area contributed by atoms with Gasteiger partial charge in [-0.15, -0.1) is 0 Å². The molecule has 0 aliphatic rings. The van der Waals surface area contributed by atoms with Crippen LogP contribution in [0.1, 0.15) is 16.1 Å². The molecular weight excluding hydrogens is 302 g/mol. The van der Waals surface area contributed by atoms with Crippen LogP contribution in [0, 0.1) is 0 Å². The number of fused-ring (bicyclic) bond motifs is 1. The Kier molecular flexibility index (Phi) is 4.52. The largest absolute Gasteiger partial charge is 0.368 e. The topological polar surface area (TPSA) is 85.1 Å². The Balaban J connectivity index is 1.78. The van der Waals surface area contributed by atoms with E-state index in [0.717, 1.165) is 16.5 Å². The molecule has 1 atom stereocenters. The van der Waals surface area contributed by atoms with E-state index in [2.05, 4.69) is 10.3 Å². The molecule has 3 N–H and O–H groups in total. The molecule has 0 saturated carbocycles. The minimum atomic E-state index is -0.784. The second-order valence-corrected chi connectivity index (χ2v) is 5.51. The molecule has 5 heteroatoms. The number of nitrogens with one attached hydrogen (secondary N) is 1. The van der Waals surface area contributed by atoms with Gasteiger partial charge in [-0.25, -0.2) is 4.98 Å². The molecule has 0 bridgehead atoms. The fourth-order valence-electron chi connectivity index (χ4n) is 2.50. The summed E-state index contributed by atoms with van der Waals surface area (Å²) in [6.45, 7) is 0. The summed E-state index contributed by atoms with van der Waals surface area (Å²) < 4.78 is 0. The third-order valence-electron chi connectivity index (χ3n) is 3.76. The predicted molar refractivity (Wildman–Crippen MR) is 92.3 cm³/mol. The quantitative estimate of drug-likeness (QED) is 0.755. The monoisotopic (exact) mass is 319 g/mol. The number of hydrogen-bond donors (Lipinski definition) is 2. The van der Waals surface area contributed by atoms with Crippen molar-refractivity contribution >= 4 is 22.7 Å². The fraction of sp³-hybridized carbons (Fsp3) is 0.105. The molecule has 3 rings (SSSR count). The first-order valence-corrected chi connectivity index (χ1v) is 7.63. The highest BCUT2D eigenvalue weighted by molar-refractivity contribution is 5.97. The van der Waals surface area contributed by atoms with Crippen LogP contribution in [0.4, 0.5) is 0 Å². The molecule has 1 heterocycles.